The first kappa shape index (κ1) is 20.8. The zero-order valence-electron chi connectivity index (χ0n) is 16.9. The molecule has 0 amide bonds. The molecule has 0 heterocycles. The molecule has 0 N–H and O–H groups in total. The van der Waals surface area contributed by atoms with Crippen LogP contribution >= 0.6 is 0 Å². The fourth-order valence-electron chi connectivity index (χ4n) is 2.88. The summed E-state index contributed by atoms with van der Waals surface area (Å²) in [6, 6.07) is 6.46. The molecule has 0 radical (unpaired) electrons. The van der Waals surface area contributed by atoms with Crippen LogP contribution in [0.3, 0.4) is 0 Å². The molecule has 0 aliphatic heterocycles. The van der Waals surface area contributed by atoms with Crippen molar-refractivity contribution >= 4 is 6.08 Å². The lowest BCUT2D eigenvalue weighted by Gasteiger charge is -2.27. The van der Waals surface area contributed by atoms with E-state index in [0.29, 0.717) is 0 Å². The number of rotatable bonds is 8. The lowest BCUT2D eigenvalue weighted by atomic mass is 9.86. The Hall–Kier alpha value is -1.28. The summed E-state index contributed by atoms with van der Waals surface area (Å²) in [5, 5.41) is 0. The van der Waals surface area contributed by atoms with Gasteiger partial charge in [0.05, 0.1) is 18.8 Å². The molecule has 0 fully saturated rings. The van der Waals surface area contributed by atoms with Gasteiger partial charge in [-0.2, -0.15) is 0 Å². The summed E-state index contributed by atoms with van der Waals surface area (Å²) in [5.74, 6) is 0.933. The van der Waals surface area contributed by atoms with Crippen LogP contribution in [0.25, 0.3) is 6.08 Å². The first-order valence-corrected chi connectivity index (χ1v) is 9.08. The number of allylic oxidation sites excluding steroid dienone is 1. The van der Waals surface area contributed by atoms with Crippen molar-refractivity contribution in [1.82, 2.24) is 0 Å². The predicted octanol–water partition coefficient (Wildman–Crippen LogP) is 6.38. The molecule has 0 aromatic heterocycles. The average Bonchev–Trinajstić information content (AvgIpc) is 2.44. The molecule has 0 aliphatic rings. The van der Waals surface area contributed by atoms with E-state index < -0.39 is 0 Å². The number of benzene rings is 1. The van der Waals surface area contributed by atoms with E-state index in [2.05, 4.69) is 78.8 Å². The van der Waals surface area contributed by atoms with Gasteiger partial charge in [-0.05, 0) is 70.1 Å². The molecule has 0 bridgehead atoms. The monoisotopic (exact) mass is 332 g/mol. The van der Waals surface area contributed by atoms with Crippen LogP contribution in [-0.4, -0.2) is 18.8 Å². The highest BCUT2D eigenvalue weighted by molar-refractivity contribution is 5.59. The van der Waals surface area contributed by atoms with Gasteiger partial charge in [0.2, 0.25) is 0 Å². The van der Waals surface area contributed by atoms with Crippen molar-refractivity contribution < 1.29 is 9.47 Å². The normalized spacial score (nSPS) is 13.0. The molecule has 2 heteroatoms. The quantitative estimate of drug-likeness (QED) is 0.514. The van der Waals surface area contributed by atoms with Crippen molar-refractivity contribution in [2.45, 2.75) is 84.8 Å². The molecule has 24 heavy (non-hydrogen) atoms. The summed E-state index contributed by atoms with van der Waals surface area (Å²) in [6.07, 6.45) is 7.94. The van der Waals surface area contributed by atoms with Gasteiger partial charge in [-0.15, -0.1) is 0 Å². The molecule has 136 valence electrons. The molecule has 0 aliphatic carbocycles. The van der Waals surface area contributed by atoms with Crippen LogP contribution in [0.4, 0.5) is 0 Å². The Balaban J connectivity index is 2.67. The van der Waals surface area contributed by atoms with E-state index in [1.807, 2.05) is 0 Å². The zero-order valence-corrected chi connectivity index (χ0v) is 16.9. The van der Waals surface area contributed by atoms with E-state index in [-0.39, 0.29) is 17.1 Å². The second-order valence-corrected chi connectivity index (χ2v) is 8.43. The van der Waals surface area contributed by atoms with Crippen molar-refractivity contribution in [3.63, 3.8) is 0 Å². The molecular formula is C22H36O2. The smallest absolute Gasteiger partial charge is 0.126 e. The summed E-state index contributed by atoms with van der Waals surface area (Å²) < 4.78 is 11.4. The zero-order chi connectivity index (χ0) is 18.4. The maximum Gasteiger partial charge on any atom is 0.126 e. The molecule has 0 saturated heterocycles. The van der Waals surface area contributed by atoms with Crippen molar-refractivity contribution in [2.75, 3.05) is 7.11 Å². The Morgan fingerprint density at radius 3 is 2.29 bits per heavy atom. The van der Waals surface area contributed by atoms with Crippen molar-refractivity contribution in [1.29, 1.82) is 0 Å². The molecule has 1 rings (SSSR count). The maximum absolute atomic E-state index is 5.95. The Morgan fingerprint density at radius 2 is 1.75 bits per heavy atom. The van der Waals surface area contributed by atoms with Crippen LogP contribution in [0, 0.1) is 0 Å². The van der Waals surface area contributed by atoms with Crippen LogP contribution in [-0.2, 0) is 10.2 Å². The fraction of sp³-hybridized carbons (Fsp3) is 0.636. The summed E-state index contributed by atoms with van der Waals surface area (Å²) in [6.45, 7) is 15.2. The van der Waals surface area contributed by atoms with E-state index in [1.165, 1.54) is 5.56 Å². The number of hydrogen-bond acceptors (Lipinski definition) is 2. The second-order valence-electron chi connectivity index (χ2n) is 8.43. The number of hydrogen-bond donors (Lipinski definition) is 0. The lowest BCUT2D eigenvalue weighted by molar-refractivity contribution is -0.0610. The van der Waals surface area contributed by atoms with E-state index in [9.17, 15) is 0 Å². The highest BCUT2D eigenvalue weighted by atomic mass is 16.5. The van der Waals surface area contributed by atoms with Gasteiger partial charge in [-0.3, -0.25) is 0 Å². The highest BCUT2D eigenvalue weighted by Crippen LogP contribution is 2.29. The van der Waals surface area contributed by atoms with E-state index in [0.717, 1.165) is 30.6 Å². The van der Waals surface area contributed by atoms with Crippen LogP contribution in [0.5, 0.6) is 5.75 Å². The van der Waals surface area contributed by atoms with Crippen LogP contribution in [0.2, 0.25) is 0 Å². The van der Waals surface area contributed by atoms with Crippen molar-refractivity contribution in [2.24, 2.45) is 0 Å². The van der Waals surface area contributed by atoms with Gasteiger partial charge in [-0.1, -0.05) is 39.0 Å². The van der Waals surface area contributed by atoms with Gasteiger partial charge >= 0.3 is 0 Å². The minimum Gasteiger partial charge on any atom is -0.496 e. The predicted molar refractivity (Wildman–Crippen MR) is 105 cm³/mol. The largest absolute Gasteiger partial charge is 0.496 e. The van der Waals surface area contributed by atoms with Gasteiger partial charge < -0.3 is 9.47 Å². The Kier molecular flexibility index (Phi) is 7.54. The molecular weight excluding hydrogens is 296 g/mol. The third-order valence-electron chi connectivity index (χ3n) is 4.10. The highest BCUT2D eigenvalue weighted by Gasteiger charge is 2.19. The molecule has 0 atom stereocenters. The minimum atomic E-state index is -0.0498. The molecule has 1 aromatic carbocycles. The summed E-state index contributed by atoms with van der Waals surface area (Å²) in [5.41, 5.74) is 2.58. The van der Waals surface area contributed by atoms with Crippen molar-refractivity contribution in [3.05, 3.63) is 35.4 Å². The minimum absolute atomic E-state index is 0.0498. The standard InChI is InChI=1S/C22H36O2/c1-17(2)24-22(6,7)15-11-9-10-12-18-16-19(21(3,4)5)13-14-20(18)23-8/h10,12-14,16-17H,9,11,15H2,1-8H3/b12-10+. The fourth-order valence-corrected chi connectivity index (χ4v) is 2.88. The van der Waals surface area contributed by atoms with Crippen LogP contribution in [0.1, 0.15) is 78.9 Å². The SMILES string of the molecule is COc1ccc(C(C)(C)C)cc1/C=C/CCCC(C)(C)OC(C)C. The lowest BCUT2D eigenvalue weighted by Crippen LogP contribution is -2.27. The molecule has 0 unspecified atom stereocenters. The molecule has 0 spiro atoms. The summed E-state index contributed by atoms with van der Waals surface area (Å²) in [4.78, 5) is 0. The van der Waals surface area contributed by atoms with Crippen LogP contribution in [0.15, 0.2) is 24.3 Å². The maximum atomic E-state index is 5.95. The van der Waals surface area contributed by atoms with Gasteiger partial charge in [0.1, 0.15) is 5.75 Å². The van der Waals surface area contributed by atoms with Crippen LogP contribution < -0.4 is 4.74 Å². The van der Waals surface area contributed by atoms with E-state index in [4.69, 9.17) is 9.47 Å². The summed E-state index contributed by atoms with van der Waals surface area (Å²) >= 11 is 0. The second kappa shape index (κ2) is 8.71. The van der Waals surface area contributed by atoms with Gasteiger partial charge in [-0.25, -0.2) is 0 Å². The topological polar surface area (TPSA) is 18.5 Å². The Morgan fingerprint density at radius 1 is 1.08 bits per heavy atom. The Bertz CT molecular complexity index is 533. The van der Waals surface area contributed by atoms with Gasteiger partial charge in [0.15, 0.2) is 0 Å². The third-order valence-corrected chi connectivity index (χ3v) is 4.10. The molecule has 0 saturated carbocycles. The number of unbranched alkanes of at least 4 members (excludes halogenated alkanes) is 1. The number of methoxy groups -OCH3 is 1. The van der Waals surface area contributed by atoms with E-state index >= 15 is 0 Å². The molecule has 2 nitrogen and oxygen atoms in total. The van der Waals surface area contributed by atoms with Crippen molar-refractivity contribution in [3.8, 4) is 5.75 Å². The Labute approximate surface area is 149 Å². The van der Waals surface area contributed by atoms with E-state index in [1.54, 1.807) is 7.11 Å². The number of ether oxygens (including phenoxy) is 2. The average molecular weight is 333 g/mol. The summed E-state index contributed by atoms with van der Waals surface area (Å²) in [7, 11) is 1.73. The van der Waals surface area contributed by atoms with Gasteiger partial charge in [0.25, 0.3) is 0 Å². The third kappa shape index (κ3) is 7.09. The van der Waals surface area contributed by atoms with Gasteiger partial charge in [0, 0.05) is 5.56 Å². The molecule has 1 aromatic rings. The first-order chi connectivity index (χ1) is 11.0. The first-order valence-electron chi connectivity index (χ1n) is 9.08.